The molecule has 3 heteroatoms. The van der Waals surface area contributed by atoms with Crippen LogP contribution in [-0.4, -0.2) is 43.3 Å². The second kappa shape index (κ2) is 4.40. The fraction of sp³-hybridized carbons (Fsp3) is 1.00. The van der Waals surface area contributed by atoms with E-state index in [1.807, 2.05) is 0 Å². The van der Waals surface area contributed by atoms with E-state index in [9.17, 15) is 0 Å². The van der Waals surface area contributed by atoms with Crippen molar-refractivity contribution in [3.05, 3.63) is 0 Å². The lowest BCUT2D eigenvalue weighted by atomic mass is 9.89. The number of rotatable bonds is 3. The third-order valence-corrected chi connectivity index (χ3v) is 3.32. The highest BCUT2D eigenvalue weighted by Crippen LogP contribution is 2.28. The molecular formula is C10H20N2O. The van der Waals surface area contributed by atoms with E-state index in [0.717, 1.165) is 38.8 Å². The predicted molar refractivity (Wildman–Crippen MR) is 52.6 cm³/mol. The molecule has 0 aromatic rings. The zero-order chi connectivity index (χ0) is 9.10. The van der Waals surface area contributed by atoms with Crippen molar-refractivity contribution in [2.45, 2.75) is 37.8 Å². The lowest BCUT2D eigenvalue weighted by Crippen LogP contribution is -2.53. The van der Waals surface area contributed by atoms with E-state index in [2.05, 4.69) is 4.90 Å². The van der Waals surface area contributed by atoms with Gasteiger partial charge in [0.05, 0.1) is 13.2 Å². The van der Waals surface area contributed by atoms with Gasteiger partial charge in [-0.25, -0.2) is 0 Å². The number of nitrogens with two attached hydrogens (primary N) is 1. The van der Waals surface area contributed by atoms with Gasteiger partial charge in [-0.05, 0) is 25.8 Å². The normalized spacial score (nSPS) is 31.6. The van der Waals surface area contributed by atoms with Crippen molar-refractivity contribution in [2.75, 3.05) is 26.3 Å². The summed E-state index contributed by atoms with van der Waals surface area (Å²) in [6, 6.07) is 1.45. The molecule has 0 amide bonds. The van der Waals surface area contributed by atoms with Gasteiger partial charge >= 0.3 is 0 Å². The van der Waals surface area contributed by atoms with Crippen molar-refractivity contribution in [2.24, 2.45) is 5.73 Å². The van der Waals surface area contributed by atoms with E-state index in [1.54, 1.807) is 0 Å². The molecule has 2 rings (SSSR count). The molecular weight excluding hydrogens is 164 g/mol. The standard InChI is InChI=1S/C10H20N2O/c11-5-4-10-8-13-7-6-12(10)9-2-1-3-9/h9-10H,1-8,11H2. The van der Waals surface area contributed by atoms with Gasteiger partial charge in [0.15, 0.2) is 0 Å². The first-order valence-electron chi connectivity index (χ1n) is 5.45. The molecule has 1 aliphatic carbocycles. The van der Waals surface area contributed by atoms with Crippen LogP contribution in [0, 0.1) is 0 Å². The Bertz CT molecular complexity index is 157. The Balaban J connectivity index is 1.87. The lowest BCUT2D eigenvalue weighted by Gasteiger charge is -2.44. The van der Waals surface area contributed by atoms with Crippen molar-refractivity contribution in [1.29, 1.82) is 0 Å². The summed E-state index contributed by atoms with van der Waals surface area (Å²) < 4.78 is 5.49. The summed E-state index contributed by atoms with van der Waals surface area (Å²) in [4.78, 5) is 2.62. The Kier molecular flexibility index (Phi) is 3.19. The van der Waals surface area contributed by atoms with E-state index in [1.165, 1.54) is 19.3 Å². The molecule has 1 atom stereocenters. The van der Waals surface area contributed by atoms with E-state index in [-0.39, 0.29) is 0 Å². The minimum atomic E-state index is 0.601. The minimum Gasteiger partial charge on any atom is -0.378 e. The number of morpholine rings is 1. The Morgan fingerprint density at radius 2 is 2.23 bits per heavy atom. The van der Waals surface area contributed by atoms with Gasteiger partial charge in [0, 0.05) is 18.6 Å². The molecule has 0 aromatic heterocycles. The van der Waals surface area contributed by atoms with Crippen LogP contribution in [0.3, 0.4) is 0 Å². The summed E-state index contributed by atoms with van der Waals surface area (Å²) in [6.45, 7) is 3.72. The number of nitrogens with zero attached hydrogens (tertiary/aromatic N) is 1. The highest BCUT2D eigenvalue weighted by molar-refractivity contribution is 4.86. The van der Waals surface area contributed by atoms with Gasteiger partial charge in [0.1, 0.15) is 0 Å². The van der Waals surface area contributed by atoms with E-state index >= 15 is 0 Å². The average Bonchev–Trinajstić information content (AvgIpc) is 2.05. The highest BCUT2D eigenvalue weighted by Gasteiger charge is 2.31. The van der Waals surface area contributed by atoms with Crippen LogP contribution in [0.15, 0.2) is 0 Å². The second-order valence-electron chi connectivity index (χ2n) is 4.13. The molecule has 0 radical (unpaired) electrons. The quantitative estimate of drug-likeness (QED) is 0.697. The molecule has 1 heterocycles. The molecule has 0 bridgehead atoms. The molecule has 0 spiro atoms. The monoisotopic (exact) mass is 184 g/mol. The predicted octanol–water partition coefficient (Wildman–Crippen LogP) is 0.588. The van der Waals surface area contributed by atoms with Crippen molar-refractivity contribution in [3.8, 4) is 0 Å². The van der Waals surface area contributed by atoms with Crippen molar-refractivity contribution in [1.82, 2.24) is 4.90 Å². The van der Waals surface area contributed by atoms with Crippen molar-refractivity contribution in [3.63, 3.8) is 0 Å². The fourth-order valence-corrected chi connectivity index (χ4v) is 2.31. The van der Waals surface area contributed by atoms with Crippen LogP contribution in [0.1, 0.15) is 25.7 Å². The Hall–Kier alpha value is -0.120. The van der Waals surface area contributed by atoms with Crippen molar-refractivity contribution < 1.29 is 4.74 Å². The molecule has 3 nitrogen and oxygen atoms in total. The maximum Gasteiger partial charge on any atom is 0.0623 e. The summed E-state index contributed by atoms with van der Waals surface area (Å²) >= 11 is 0. The van der Waals surface area contributed by atoms with Gasteiger partial charge in [-0.1, -0.05) is 6.42 Å². The SMILES string of the molecule is NCCC1COCCN1C1CCC1. The zero-order valence-electron chi connectivity index (χ0n) is 8.24. The van der Waals surface area contributed by atoms with Crippen LogP contribution in [-0.2, 0) is 4.74 Å². The third-order valence-electron chi connectivity index (χ3n) is 3.32. The molecule has 1 saturated carbocycles. The van der Waals surface area contributed by atoms with E-state index in [4.69, 9.17) is 10.5 Å². The molecule has 2 aliphatic rings. The van der Waals surface area contributed by atoms with E-state index < -0.39 is 0 Å². The van der Waals surface area contributed by atoms with Crippen LogP contribution in [0.2, 0.25) is 0 Å². The molecule has 2 fully saturated rings. The molecule has 2 N–H and O–H groups in total. The second-order valence-corrected chi connectivity index (χ2v) is 4.13. The van der Waals surface area contributed by atoms with Crippen LogP contribution in [0.4, 0.5) is 0 Å². The van der Waals surface area contributed by atoms with Crippen molar-refractivity contribution >= 4 is 0 Å². The maximum atomic E-state index is 5.60. The van der Waals surface area contributed by atoms with Crippen LogP contribution >= 0.6 is 0 Å². The van der Waals surface area contributed by atoms with Gasteiger partial charge in [-0.2, -0.15) is 0 Å². The molecule has 1 unspecified atom stereocenters. The molecule has 13 heavy (non-hydrogen) atoms. The first kappa shape index (κ1) is 9.44. The van der Waals surface area contributed by atoms with E-state index in [0.29, 0.717) is 6.04 Å². The summed E-state index contributed by atoms with van der Waals surface area (Å²) in [7, 11) is 0. The van der Waals surface area contributed by atoms with Crippen LogP contribution in [0.5, 0.6) is 0 Å². The van der Waals surface area contributed by atoms with Crippen LogP contribution in [0.25, 0.3) is 0 Å². The Morgan fingerprint density at radius 3 is 2.85 bits per heavy atom. The largest absolute Gasteiger partial charge is 0.378 e. The van der Waals surface area contributed by atoms with Gasteiger partial charge < -0.3 is 10.5 Å². The Morgan fingerprint density at radius 1 is 1.38 bits per heavy atom. The Labute approximate surface area is 80.2 Å². The minimum absolute atomic E-state index is 0.601. The van der Waals surface area contributed by atoms with Crippen LogP contribution < -0.4 is 5.73 Å². The number of hydrogen-bond acceptors (Lipinski definition) is 3. The van der Waals surface area contributed by atoms with Gasteiger partial charge in [0.25, 0.3) is 0 Å². The van der Waals surface area contributed by atoms with Gasteiger partial charge in [-0.15, -0.1) is 0 Å². The van der Waals surface area contributed by atoms with Gasteiger partial charge in [-0.3, -0.25) is 4.90 Å². The fourth-order valence-electron chi connectivity index (χ4n) is 2.31. The summed E-state index contributed by atoms with van der Waals surface area (Å²) in [5.41, 5.74) is 5.60. The zero-order valence-corrected chi connectivity index (χ0v) is 8.24. The highest BCUT2D eigenvalue weighted by atomic mass is 16.5. The van der Waals surface area contributed by atoms with Gasteiger partial charge in [0.2, 0.25) is 0 Å². The molecule has 1 saturated heterocycles. The smallest absolute Gasteiger partial charge is 0.0623 e. The number of hydrogen-bond donors (Lipinski definition) is 1. The summed E-state index contributed by atoms with van der Waals surface area (Å²) in [5, 5.41) is 0. The number of ether oxygens (including phenoxy) is 1. The summed E-state index contributed by atoms with van der Waals surface area (Å²) in [6.07, 6.45) is 5.29. The first-order chi connectivity index (χ1) is 6.42. The average molecular weight is 184 g/mol. The summed E-state index contributed by atoms with van der Waals surface area (Å²) in [5.74, 6) is 0. The maximum absolute atomic E-state index is 5.60. The molecule has 76 valence electrons. The lowest BCUT2D eigenvalue weighted by molar-refractivity contribution is -0.0469. The topological polar surface area (TPSA) is 38.5 Å². The third kappa shape index (κ3) is 2.03. The molecule has 1 aliphatic heterocycles. The molecule has 0 aromatic carbocycles. The first-order valence-corrected chi connectivity index (χ1v) is 5.45.